The predicted octanol–water partition coefficient (Wildman–Crippen LogP) is 1.86. The summed E-state index contributed by atoms with van der Waals surface area (Å²) in [5.74, 6) is 0.0696. The van der Waals surface area contributed by atoms with E-state index in [1.54, 1.807) is 4.90 Å². The van der Waals surface area contributed by atoms with Gasteiger partial charge >= 0.3 is 0 Å². The fourth-order valence-electron chi connectivity index (χ4n) is 1.25. The number of nitriles is 1. The molecule has 0 aliphatic rings. The van der Waals surface area contributed by atoms with Gasteiger partial charge in [-0.2, -0.15) is 17.9 Å². The topological polar surface area (TPSA) is 44.1 Å². The SMILES string of the molecule is N#CCCN(C(=O)CS)c1ccccc1. The van der Waals surface area contributed by atoms with Crippen molar-refractivity contribution in [2.75, 3.05) is 17.2 Å². The monoisotopic (exact) mass is 220 g/mol. The van der Waals surface area contributed by atoms with Gasteiger partial charge in [-0.15, -0.1) is 0 Å². The van der Waals surface area contributed by atoms with Crippen LogP contribution in [0.2, 0.25) is 0 Å². The van der Waals surface area contributed by atoms with Crippen LogP contribution in [0, 0.1) is 11.3 Å². The van der Waals surface area contributed by atoms with E-state index in [2.05, 4.69) is 12.6 Å². The summed E-state index contributed by atoms with van der Waals surface area (Å²) in [5.41, 5.74) is 0.812. The smallest absolute Gasteiger partial charge is 0.236 e. The highest BCUT2D eigenvalue weighted by Crippen LogP contribution is 2.14. The molecule has 15 heavy (non-hydrogen) atoms. The molecule has 0 aliphatic carbocycles. The first-order valence-corrected chi connectivity index (χ1v) is 5.26. The Kier molecular flexibility index (Phi) is 4.72. The van der Waals surface area contributed by atoms with Crippen molar-refractivity contribution in [2.24, 2.45) is 0 Å². The van der Waals surface area contributed by atoms with Gasteiger partial charge in [0.25, 0.3) is 0 Å². The standard InChI is InChI=1S/C11H12N2OS/c12-7-4-8-13(11(14)9-15)10-5-2-1-3-6-10/h1-3,5-6,15H,4,8-9H2. The summed E-state index contributed by atoms with van der Waals surface area (Å²) in [7, 11) is 0. The molecular formula is C11H12N2OS. The van der Waals surface area contributed by atoms with Gasteiger partial charge in [-0.3, -0.25) is 4.79 Å². The van der Waals surface area contributed by atoms with Gasteiger partial charge in [-0.25, -0.2) is 0 Å². The molecule has 78 valence electrons. The predicted molar refractivity (Wildman–Crippen MR) is 62.9 cm³/mol. The minimum absolute atomic E-state index is 0.0835. The van der Waals surface area contributed by atoms with E-state index in [-0.39, 0.29) is 11.7 Å². The van der Waals surface area contributed by atoms with Gasteiger partial charge in [0.15, 0.2) is 0 Å². The summed E-state index contributed by atoms with van der Waals surface area (Å²) in [6.07, 6.45) is 0.328. The number of anilines is 1. The van der Waals surface area contributed by atoms with Crippen LogP contribution in [0.15, 0.2) is 30.3 Å². The number of carbonyl (C=O) groups is 1. The Morgan fingerprint density at radius 3 is 2.60 bits per heavy atom. The summed E-state index contributed by atoms with van der Waals surface area (Å²) in [6.45, 7) is 0.417. The fraction of sp³-hybridized carbons (Fsp3) is 0.273. The van der Waals surface area contributed by atoms with Crippen molar-refractivity contribution < 1.29 is 4.79 Å². The highest BCUT2D eigenvalue weighted by molar-refractivity contribution is 7.81. The van der Waals surface area contributed by atoms with Crippen LogP contribution in [0.3, 0.4) is 0 Å². The lowest BCUT2D eigenvalue weighted by molar-refractivity contribution is -0.116. The molecular weight excluding hydrogens is 208 g/mol. The second-order valence-corrected chi connectivity index (χ2v) is 3.26. The van der Waals surface area contributed by atoms with Crippen LogP contribution in [0.5, 0.6) is 0 Å². The van der Waals surface area contributed by atoms with Crippen molar-refractivity contribution in [3.8, 4) is 6.07 Å². The van der Waals surface area contributed by atoms with Crippen LogP contribution in [-0.4, -0.2) is 18.2 Å². The minimum atomic E-state index is -0.0835. The first kappa shape index (κ1) is 11.6. The van der Waals surface area contributed by atoms with E-state index >= 15 is 0 Å². The lowest BCUT2D eigenvalue weighted by Gasteiger charge is -2.20. The molecule has 0 spiro atoms. The van der Waals surface area contributed by atoms with Gasteiger partial charge in [0.1, 0.15) is 0 Å². The van der Waals surface area contributed by atoms with E-state index in [1.165, 1.54) is 0 Å². The molecule has 0 bridgehead atoms. The summed E-state index contributed by atoms with van der Waals surface area (Å²) < 4.78 is 0. The maximum Gasteiger partial charge on any atom is 0.236 e. The number of para-hydroxylation sites is 1. The molecule has 3 nitrogen and oxygen atoms in total. The zero-order valence-electron chi connectivity index (χ0n) is 8.26. The highest BCUT2D eigenvalue weighted by atomic mass is 32.1. The maximum atomic E-state index is 11.6. The number of thiol groups is 1. The fourth-order valence-corrected chi connectivity index (χ4v) is 1.42. The lowest BCUT2D eigenvalue weighted by atomic mass is 10.2. The minimum Gasteiger partial charge on any atom is -0.311 e. The zero-order valence-corrected chi connectivity index (χ0v) is 9.15. The van der Waals surface area contributed by atoms with Crippen molar-refractivity contribution in [3.05, 3.63) is 30.3 Å². The van der Waals surface area contributed by atoms with E-state index < -0.39 is 0 Å². The molecule has 0 N–H and O–H groups in total. The molecule has 0 fully saturated rings. The molecule has 0 heterocycles. The Hall–Kier alpha value is -1.47. The number of rotatable bonds is 4. The third kappa shape index (κ3) is 3.30. The number of benzene rings is 1. The Morgan fingerprint density at radius 2 is 2.07 bits per heavy atom. The highest BCUT2D eigenvalue weighted by Gasteiger charge is 2.12. The Labute approximate surface area is 94.7 Å². The number of carbonyl (C=O) groups excluding carboxylic acids is 1. The first-order chi connectivity index (χ1) is 7.29. The van der Waals surface area contributed by atoms with E-state index in [9.17, 15) is 4.79 Å². The average molecular weight is 220 g/mol. The third-order valence-electron chi connectivity index (χ3n) is 1.95. The zero-order chi connectivity index (χ0) is 11.1. The molecule has 0 saturated carbocycles. The largest absolute Gasteiger partial charge is 0.311 e. The van der Waals surface area contributed by atoms with Gasteiger partial charge < -0.3 is 4.90 Å². The summed E-state index contributed by atoms with van der Waals surface area (Å²) in [4.78, 5) is 13.1. The van der Waals surface area contributed by atoms with Gasteiger partial charge in [0.05, 0.1) is 18.2 Å². The van der Waals surface area contributed by atoms with Crippen LogP contribution in [0.25, 0.3) is 0 Å². The van der Waals surface area contributed by atoms with Crippen LogP contribution in [-0.2, 0) is 4.79 Å². The second-order valence-electron chi connectivity index (χ2n) is 2.95. The average Bonchev–Trinajstić information content (AvgIpc) is 2.30. The van der Waals surface area contributed by atoms with Gasteiger partial charge in [0, 0.05) is 12.2 Å². The molecule has 0 unspecified atom stereocenters. The van der Waals surface area contributed by atoms with Crippen LogP contribution in [0.4, 0.5) is 5.69 Å². The van der Waals surface area contributed by atoms with Crippen molar-refractivity contribution in [1.29, 1.82) is 5.26 Å². The first-order valence-electron chi connectivity index (χ1n) is 4.63. The van der Waals surface area contributed by atoms with Crippen LogP contribution < -0.4 is 4.90 Å². The van der Waals surface area contributed by atoms with Gasteiger partial charge in [0.2, 0.25) is 5.91 Å². The van der Waals surface area contributed by atoms with Crippen molar-refractivity contribution in [2.45, 2.75) is 6.42 Å². The van der Waals surface area contributed by atoms with Crippen molar-refractivity contribution >= 4 is 24.2 Å². The Morgan fingerprint density at radius 1 is 1.40 bits per heavy atom. The summed E-state index contributed by atoms with van der Waals surface area (Å²) >= 11 is 3.95. The van der Waals surface area contributed by atoms with E-state index in [4.69, 9.17) is 5.26 Å². The number of hydrogen-bond donors (Lipinski definition) is 1. The molecule has 1 aromatic carbocycles. The normalized spacial score (nSPS) is 9.33. The second kappa shape index (κ2) is 6.10. The molecule has 1 amide bonds. The molecule has 4 heteroatoms. The number of hydrogen-bond acceptors (Lipinski definition) is 3. The molecule has 0 atom stereocenters. The summed E-state index contributed by atoms with van der Waals surface area (Å²) in [5, 5.41) is 8.51. The Balaban J connectivity index is 2.82. The molecule has 0 saturated heterocycles. The number of nitrogens with zero attached hydrogens (tertiary/aromatic N) is 2. The molecule has 0 radical (unpaired) electrons. The number of amides is 1. The maximum absolute atomic E-state index is 11.6. The molecule has 1 aromatic rings. The quantitative estimate of drug-likeness (QED) is 0.787. The lowest BCUT2D eigenvalue weighted by Crippen LogP contribution is -2.32. The third-order valence-corrected chi connectivity index (χ3v) is 2.22. The van der Waals surface area contributed by atoms with Crippen LogP contribution in [0.1, 0.15) is 6.42 Å². The Bertz CT molecular complexity index is 359. The van der Waals surface area contributed by atoms with Crippen molar-refractivity contribution in [1.82, 2.24) is 0 Å². The van der Waals surface area contributed by atoms with E-state index in [0.717, 1.165) is 5.69 Å². The van der Waals surface area contributed by atoms with Crippen molar-refractivity contribution in [3.63, 3.8) is 0 Å². The van der Waals surface area contributed by atoms with Gasteiger partial charge in [-0.1, -0.05) is 18.2 Å². The van der Waals surface area contributed by atoms with E-state index in [1.807, 2.05) is 36.4 Å². The summed E-state index contributed by atoms with van der Waals surface area (Å²) in [6, 6.07) is 11.3. The molecule has 0 aliphatic heterocycles. The van der Waals surface area contributed by atoms with E-state index in [0.29, 0.717) is 13.0 Å². The van der Waals surface area contributed by atoms with Gasteiger partial charge in [-0.05, 0) is 12.1 Å². The molecule has 1 rings (SSSR count). The molecule has 0 aromatic heterocycles. The van der Waals surface area contributed by atoms with Crippen LogP contribution >= 0.6 is 12.6 Å².